The molecule has 1 atom stereocenters. The Balaban J connectivity index is 2.79. The second-order valence-corrected chi connectivity index (χ2v) is 6.16. The van der Waals surface area contributed by atoms with Gasteiger partial charge in [0.05, 0.1) is 23.0 Å². The van der Waals surface area contributed by atoms with Crippen LogP contribution in [-0.2, 0) is 9.84 Å². The fourth-order valence-electron chi connectivity index (χ4n) is 1.46. The Bertz CT molecular complexity index is 310. The summed E-state index contributed by atoms with van der Waals surface area (Å²) >= 11 is 0. The van der Waals surface area contributed by atoms with Crippen LogP contribution in [0.2, 0.25) is 0 Å². The number of rotatable bonds is 1. The number of sulfone groups is 1. The van der Waals surface area contributed by atoms with Crippen molar-refractivity contribution in [2.45, 2.75) is 20.3 Å². The summed E-state index contributed by atoms with van der Waals surface area (Å²) in [7, 11) is -2.84. The van der Waals surface area contributed by atoms with Gasteiger partial charge in [0, 0.05) is 0 Å². The normalized spacial score (nSPS) is 28.2. The molecule has 0 saturated carbocycles. The highest BCUT2D eigenvalue weighted by molar-refractivity contribution is 7.91. The fourth-order valence-corrected chi connectivity index (χ4v) is 3.46. The van der Waals surface area contributed by atoms with Crippen molar-refractivity contribution in [1.29, 1.82) is 5.26 Å². The van der Waals surface area contributed by atoms with Gasteiger partial charge in [0.1, 0.15) is 0 Å². The quantitative estimate of drug-likeness (QED) is 0.614. The Hall–Kier alpha value is -0.560. The van der Waals surface area contributed by atoms with Crippen LogP contribution in [0.3, 0.4) is 0 Å². The van der Waals surface area contributed by atoms with E-state index in [9.17, 15) is 8.42 Å². The van der Waals surface area contributed by atoms with Crippen molar-refractivity contribution < 1.29 is 8.42 Å². The SMILES string of the molecule is CC(C)(C#N)C1CCS(=O)(=O)C1. The summed E-state index contributed by atoms with van der Waals surface area (Å²) in [6.45, 7) is 3.61. The lowest BCUT2D eigenvalue weighted by molar-refractivity contribution is 0.325. The van der Waals surface area contributed by atoms with Gasteiger partial charge in [-0.25, -0.2) is 8.42 Å². The summed E-state index contributed by atoms with van der Waals surface area (Å²) in [4.78, 5) is 0. The Morgan fingerprint density at radius 2 is 2.08 bits per heavy atom. The number of hydrogen-bond donors (Lipinski definition) is 0. The topological polar surface area (TPSA) is 57.9 Å². The maximum atomic E-state index is 11.1. The molecule has 3 nitrogen and oxygen atoms in total. The van der Waals surface area contributed by atoms with Crippen LogP contribution in [0.4, 0.5) is 0 Å². The van der Waals surface area contributed by atoms with Gasteiger partial charge < -0.3 is 0 Å². The van der Waals surface area contributed by atoms with Gasteiger partial charge in [-0.15, -0.1) is 0 Å². The van der Waals surface area contributed by atoms with Crippen LogP contribution in [0.25, 0.3) is 0 Å². The van der Waals surface area contributed by atoms with Crippen LogP contribution in [-0.4, -0.2) is 19.9 Å². The van der Waals surface area contributed by atoms with Crippen LogP contribution < -0.4 is 0 Å². The maximum Gasteiger partial charge on any atom is 0.150 e. The second kappa shape index (κ2) is 2.74. The van der Waals surface area contributed by atoms with Crippen LogP contribution >= 0.6 is 0 Å². The van der Waals surface area contributed by atoms with Crippen molar-refractivity contribution in [3.8, 4) is 6.07 Å². The largest absolute Gasteiger partial charge is 0.229 e. The van der Waals surface area contributed by atoms with E-state index in [1.807, 2.05) is 0 Å². The zero-order valence-electron chi connectivity index (χ0n) is 7.37. The van der Waals surface area contributed by atoms with Crippen LogP contribution in [0.1, 0.15) is 20.3 Å². The van der Waals surface area contributed by atoms with Gasteiger partial charge in [-0.2, -0.15) is 5.26 Å². The first-order valence-corrected chi connectivity index (χ1v) is 5.81. The number of nitrogens with zero attached hydrogens (tertiary/aromatic N) is 1. The minimum atomic E-state index is -2.84. The van der Waals surface area contributed by atoms with Gasteiger partial charge in [-0.1, -0.05) is 0 Å². The maximum absolute atomic E-state index is 11.1. The van der Waals surface area contributed by atoms with E-state index in [1.54, 1.807) is 13.8 Å². The van der Waals surface area contributed by atoms with Gasteiger partial charge in [0.15, 0.2) is 9.84 Å². The summed E-state index contributed by atoms with van der Waals surface area (Å²) in [6.07, 6.45) is 0.642. The highest BCUT2D eigenvalue weighted by Crippen LogP contribution is 2.34. The number of nitriles is 1. The predicted molar refractivity (Wildman–Crippen MR) is 46.2 cm³/mol. The monoisotopic (exact) mass is 187 g/mol. The highest BCUT2D eigenvalue weighted by Gasteiger charge is 2.38. The summed E-state index contributed by atoms with van der Waals surface area (Å²) < 4.78 is 22.2. The third-order valence-corrected chi connectivity index (χ3v) is 4.31. The van der Waals surface area contributed by atoms with E-state index in [-0.39, 0.29) is 17.4 Å². The molecule has 0 aromatic rings. The molecular formula is C8H13NO2S. The Labute approximate surface area is 73.3 Å². The summed E-state index contributed by atoms with van der Waals surface area (Å²) in [5.74, 6) is 0.462. The molecular weight excluding hydrogens is 174 g/mol. The predicted octanol–water partition coefficient (Wildman–Crippen LogP) is 0.971. The molecule has 4 heteroatoms. The molecule has 1 saturated heterocycles. The first-order valence-electron chi connectivity index (χ1n) is 3.99. The van der Waals surface area contributed by atoms with E-state index in [2.05, 4.69) is 6.07 Å². The van der Waals surface area contributed by atoms with Gasteiger partial charge in [-0.3, -0.25) is 0 Å². The van der Waals surface area contributed by atoms with Gasteiger partial charge in [0.25, 0.3) is 0 Å². The van der Waals surface area contributed by atoms with Crippen molar-refractivity contribution in [2.75, 3.05) is 11.5 Å². The van der Waals surface area contributed by atoms with Crippen molar-refractivity contribution in [3.63, 3.8) is 0 Å². The van der Waals surface area contributed by atoms with Crippen molar-refractivity contribution >= 4 is 9.84 Å². The fraction of sp³-hybridized carbons (Fsp3) is 0.875. The average molecular weight is 187 g/mol. The molecule has 1 fully saturated rings. The standard InChI is InChI=1S/C8H13NO2S/c1-8(2,6-9)7-3-4-12(10,11)5-7/h7H,3-5H2,1-2H3. The molecule has 0 aromatic heterocycles. The van der Waals surface area contributed by atoms with E-state index in [0.717, 1.165) is 0 Å². The third-order valence-electron chi connectivity index (χ3n) is 2.54. The van der Waals surface area contributed by atoms with E-state index < -0.39 is 15.3 Å². The lowest BCUT2D eigenvalue weighted by Crippen LogP contribution is -2.23. The molecule has 1 rings (SSSR count). The molecule has 1 unspecified atom stereocenters. The molecule has 68 valence electrons. The van der Waals surface area contributed by atoms with Crippen LogP contribution in [0, 0.1) is 22.7 Å². The van der Waals surface area contributed by atoms with Gasteiger partial charge >= 0.3 is 0 Å². The first kappa shape index (κ1) is 9.53. The minimum absolute atomic E-state index is 0.0208. The van der Waals surface area contributed by atoms with Crippen LogP contribution in [0.15, 0.2) is 0 Å². The van der Waals surface area contributed by atoms with E-state index in [1.165, 1.54) is 0 Å². The lowest BCUT2D eigenvalue weighted by atomic mass is 9.80. The van der Waals surface area contributed by atoms with E-state index in [0.29, 0.717) is 6.42 Å². The second-order valence-electron chi connectivity index (χ2n) is 3.93. The molecule has 0 bridgehead atoms. The van der Waals surface area contributed by atoms with Gasteiger partial charge in [0.2, 0.25) is 0 Å². The summed E-state index contributed by atoms with van der Waals surface area (Å²) in [5, 5.41) is 8.78. The minimum Gasteiger partial charge on any atom is -0.229 e. The molecule has 0 radical (unpaired) electrons. The van der Waals surface area contributed by atoms with Gasteiger partial charge in [-0.05, 0) is 26.2 Å². The van der Waals surface area contributed by atoms with E-state index in [4.69, 9.17) is 5.26 Å². The molecule has 0 amide bonds. The summed E-state index contributed by atoms with van der Waals surface area (Å²) in [6, 6.07) is 2.16. The van der Waals surface area contributed by atoms with Crippen molar-refractivity contribution in [2.24, 2.45) is 11.3 Å². The smallest absolute Gasteiger partial charge is 0.150 e. The van der Waals surface area contributed by atoms with Crippen molar-refractivity contribution in [1.82, 2.24) is 0 Å². The highest BCUT2D eigenvalue weighted by atomic mass is 32.2. The lowest BCUT2D eigenvalue weighted by Gasteiger charge is -2.21. The Kier molecular flexibility index (Phi) is 2.17. The molecule has 0 spiro atoms. The summed E-state index contributed by atoms with van der Waals surface area (Å²) in [5.41, 5.74) is -0.496. The van der Waals surface area contributed by atoms with Crippen LogP contribution in [0.5, 0.6) is 0 Å². The molecule has 0 aliphatic carbocycles. The molecule has 12 heavy (non-hydrogen) atoms. The Morgan fingerprint density at radius 1 is 1.50 bits per heavy atom. The average Bonchev–Trinajstić information content (AvgIpc) is 2.31. The third kappa shape index (κ3) is 1.78. The van der Waals surface area contributed by atoms with Crippen molar-refractivity contribution in [3.05, 3.63) is 0 Å². The zero-order chi connectivity index (χ0) is 9.41. The number of hydrogen-bond acceptors (Lipinski definition) is 3. The Morgan fingerprint density at radius 3 is 2.42 bits per heavy atom. The molecule has 0 aromatic carbocycles. The molecule has 1 aliphatic heterocycles. The molecule has 1 heterocycles. The first-order chi connectivity index (χ1) is 5.37. The zero-order valence-corrected chi connectivity index (χ0v) is 8.19. The van der Waals surface area contributed by atoms with E-state index >= 15 is 0 Å². The molecule has 0 N–H and O–H groups in total. The molecule has 1 aliphatic rings.